The minimum absolute atomic E-state index is 0.0165. The zero-order chi connectivity index (χ0) is 13.9. The Labute approximate surface area is 115 Å². The van der Waals surface area contributed by atoms with Gasteiger partial charge in [-0.25, -0.2) is 0 Å². The SMILES string of the molecule is CC(CCCC(F)(F)F)Nc1cccc2c1N=[Se]=N2. The molecular formula is C12H14F3N3Se. The average molecular weight is 336 g/mol. The molecule has 1 atom stereocenters. The fourth-order valence-electron chi connectivity index (χ4n) is 1.87. The molecule has 19 heavy (non-hydrogen) atoms. The Balaban J connectivity index is 1.88. The van der Waals surface area contributed by atoms with E-state index in [-0.39, 0.29) is 27.0 Å². The first-order valence-electron chi connectivity index (χ1n) is 6.00. The summed E-state index contributed by atoms with van der Waals surface area (Å²) in [5.41, 5.74) is 2.57. The molecule has 0 bridgehead atoms. The van der Waals surface area contributed by atoms with E-state index in [1.54, 1.807) is 0 Å². The molecule has 1 unspecified atom stereocenters. The maximum atomic E-state index is 12.1. The van der Waals surface area contributed by atoms with Gasteiger partial charge in [-0.15, -0.1) is 0 Å². The molecule has 1 N–H and O–H groups in total. The van der Waals surface area contributed by atoms with Crippen LogP contribution in [0.5, 0.6) is 0 Å². The molecule has 0 spiro atoms. The quantitative estimate of drug-likeness (QED) is 0.798. The van der Waals surface area contributed by atoms with E-state index in [2.05, 4.69) is 13.2 Å². The van der Waals surface area contributed by atoms with Crippen molar-refractivity contribution in [3.8, 4) is 0 Å². The van der Waals surface area contributed by atoms with Gasteiger partial charge in [-0.1, -0.05) is 0 Å². The first-order valence-corrected chi connectivity index (χ1v) is 7.53. The zero-order valence-electron chi connectivity index (χ0n) is 10.4. The van der Waals surface area contributed by atoms with Gasteiger partial charge >= 0.3 is 115 Å². The van der Waals surface area contributed by atoms with E-state index in [1.807, 2.05) is 25.1 Å². The van der Waals surface area contributed by atoms with Crippen LogP contribution < -0.4 is 5.32 Å². The number of hydrogen-bond donors (Lipinski definition) is 1. The first kappa shape index (κ1) is 14.3. The molecule has 1 aromatic carbocycles. The second-order valence-electron chi connectivity index (χ2n) is 4.49. The second-order valence-corrected chi connectivity index (χ2v) is 5.60. The molecule has 7 heteroatoms. The Morgan fingerprint density at radius 3 is 2.84 bits per heavy atom. The van der Waals surface area contributed by atoms with Crippen LogP contribution in [0.2, 0.25) is 0 Å². The van der Waals surface area contributed by atoms with Crippen molar-refractivity contribution >= 4 is 31.6 Å². The third-order valence-corrected chi connectivity index (χ3v) is 3.92. The van der Waals surface area contributed by atoms with Gasteiger partial charge in [0.1, 0.15) is 0 Å². The van der Waals surface area contributed by atoms with Gasteiger partial charge in [-0.3, -0.25) is 0 Å². The van der Waals surface area contributed by atoms with Gasteiger partial charge in [0, 0.05) is 0 Å². The second kappa shape index (κ2) is 5.92. The van der Waals surface area contributed by atoms with Crippen LogP contribution in [0, 0.1) is 0 Å². The van der Waals surface area contributed by atoms with Gasteiger partial charge in [0.15, 0.2) is 0 Å². The van der Waals surface area contributed by atoms with Crippen LogP contribution >= 0.6 is 0 Å². The number of anilines is 1. The topological polar surface area (TPSA) is 36.8 Å². The predicted octanol–water partition coefficient (Wildman–Crippen LogP) is 4.57. The van der Waals surface area contributed by atoms with Gasteiger partial charge in [0.05, 0.1) is 0 Å². The van der Waals surface area contributed by atoms with Crippen molar-refractivity contribution in [2.75, 3.05) is 5.32 Å². The van der Waals surface area contributed by atoms with Gasteiger partial charge < -0.3 is 0 Å². The zero-order valence-corrected chi connectivity index (χ0v) is 12.1. The Bertz CT molecular complexity index is 521. The number of nitrogens with zero attached hydrogens (tertiary/aromatic N) is 2. The van der Waals surface area contributed by atoms with Gasteiger partial charge in [0.25, 0.3) is 0 Å². The molecule has 2 rings (SSSR count). The molecule has 104 valence electrons. The predicted molar refractivity (Wildman–Crippen MR) is 69.4 cm³/mol. The van der Waals surface area contributed by atoms with Crippen LogP contribution in [0.1, 0.15) is 26.2 Å². The summed E-state index contributed by atoms with van der Waals surface area (Å²) in [5, 5.41) is 3.22. The Morgan fingerprint density at radius 2 is 2.11 bits per heavy atom. The van der Waals surface area contributed by atoms with E-state index in [9.17, 15) is 13.2 Å². The number of benzene rings is 1. The molecule has 1 aliphatic rings. The van der Waals surface area contributed by atoms with Crippen molar-refractivity contribution in [2.24, 2.45) is 7.92 Å². The number of alkyl halides is 3. The van der Waals surface area contributed by atoms with E-state index < -0.39 is 12.6 Å². The molecule has 0 saturated heterocycles. The van der Waals surface area contributed by atoms with Crippen LogP contribution in [-0.2, 0) is 0 Å². The van der Waals surface area contributed by atoms with Crippen LogP contribution in [0.25, 0.3) is 0 Å². The number of fused-ring (bicyclic) bond motifs is 1. The number of halogens is 3. The summed E-state index contributed by atoms with van der Waals surface area (Å²) in [7, 11) is 0. The van der Waals surface area contributed by atoms with Crippen LogP contribution in [0.3, 0.4) is 0 Å². The normalized spacial score (nSPS) is 14.9. The molecule has 0 radical (unpaired) electrons. The Kier molecular flexibility index (Phi) is 4.47. The van der Waals surface area contributed by atoms with Crippen molar-refractivity contribution in [1.29, 1.82) is 0 Å². The van der Waals surface area contributed by atoms with Crippen molar-refractivity contribution in [3.05, 3.63) is 18.2 Å². The number of hydrogen-bond acceptors (Lipinski definition) is 3. The molecule has 0 fully saturated rings. The van der Waals surface area contributed by atoms with Crippen LogP contribution in [-0.4, -0.2) is 26.8 Å². The summed E-state index contributed by atoms with van der Waals surface area (Å²) in [5.74, 6) is 0. The fraction of sp³-hybridized carbons (Fsp3) is 0.500. The summed E-state index contributed by atoms with van der Waals surface area (Å²) >= 11 is -0.0976. The molecule has 1 heterocycles. The monoisotopic (exact) mass is 337 g/mol. The molecular weight excluding hydrogens is 322 g/mol. The van der Waals surface area contributed by atoms with E-state index in [0.717, 1.165) is 17.1 Å². The molecule has 0 saturated carbocycles. The van der Waals surface area contributed by atoms with Crippen molar-refractivity contribution in [2.45, 2.75) is 38.4 Å². The van der Waals surface area contributed by atoms with Crippen molar-refractivity contribution in [3.63, 3.8) is 0 Å². The number of nitrogens with one attached hydrogen (secondary N) is 1. The van der Waals surface area contributed by atoms with Crippen molar-refractivity contribution < 1.29 is 13.2 Å². The third-order valence-electron chi connectivity index (χ3n) is 2.79. The first-order chi connectivity index (χ1) is 8.96. The van der Waals surface area contributed by atoms with Gasteiger partial charge in [0.2, 0.25) is 0 Å². The van der Waals surface area contributed by atoms with E-state index in [0.29, 0.717) is 6.42 Å². The summed E-state index contributed by atoms with van der Waals surface area (Å²) in [4.78, 5) is 0. The molecule has 0 aromatic heterocycles. The molecule has 0 aliphatic carbocycles. The number of rotatable bonds is 5. The summed E-state index contributed by atoms with van der Waals surface area (Å²) in [6.07, 6.45) is -4.18. The molecule has 1 aromatic rings. The summed E-state index contributed by atoms with van der Waals surface area (Å²) in [6, 6.07) is 5.65. The van der Waals surface area contributed by atoms with Crippen LogP contribution in [0.15, 0.2) is 26.1 Å². The Morgan fingerprint density at radius 1 is 1.32 bits per heavy atom. The van der Waals surface area contributed by atoms with Crippen molar-refractivity contribution in [1.82, 2.24) is 0 Å². The van der Waals surface area contributed by atoms with E-state index in [4.69, 9.17) is 0 Å². The van der Waals surface area contributed by atoms with Crippen LogP contribution in [0.4, 0.5) is 30.2 Å². The van der Waals surface area contributed by atoms with Gasteiger partial charge in [-0.2, -0.15) is 0 Å². The molecule has 1 aliphatic heterocycles. The van der Waals surface area contributed by atoms with E-state index >= 15 is 0 Å². The maximum absolute atomic E-state index is 12.1. The summed E-state index contributed by atoms with van der Waals surface area (Å²) < 4.78 is 44.8. The van der Waals surface area contributed by atoms with Gasteiger partial charge in [-0.05, 0) is 0 Å². The summed E-state index contributed by atoms with van der Waals surface area (Å²) in [6.45, 7) is 1.88. The fourth-order valence-corrected chi connectivity index (χ4v) is 3.02. The van der Waals surface area contributed by atoms with E-state index in [1.165, 1.54) is 0 Å². The Hall–Kier alpha value is -1.07. The standard InChI is InChI=1S/C12H14F3N3Se/c1-8(4-3-7-12(13,14)15)16-9-5-2-6-10-11(9)18-19-17-10/h2,5-6,8,16H,3-4,7H2,1H3. The average Bonchev–Trinajstić information content (AvgIpc) is 2.76. The third kappa shape index (κ3) is 4.21. The molecule has 0 amide bonds. The molecule has 3 nitrogen and oxygen atoms in total. The minimum atomic E-state index is -4.07.